The monoisotopic (exact) mass is 843 g/mol. The molecule has 302 valence electrons. The fourth-order valence-electron chi connectivity index (χ4n) is 12.6. The maximum absolute atomic E-state index is 6.97. The number of benzene rings is 10. The topological polar surface area (TPSA) is 12.5 Å². The fourth-order valence-corrected chi connectivity index (χ4v) is 13.7. The molecule has 0 bridgehead atoms. The van der Waals surface area contributed by atoms with Gasteiger partial charge in [-0.1, -0.05) is 170 Å². The van der Waals surface area contributed by atoms with Crippen LogP contribution in [0.5, 0.6) is 11.5 Å². The molecule has 1 aliphatic heterocycles. The quantitative estimate of drug-likeness (QED) is 0.176. The molecule has 10 aromatic carbocycles. The van der Waals surface area contributed by atoms with Crippen molar-refractivity contribution in [3.63, 3.8) is 0 Å². The van der Waals surface area contributed by atoms with Gasteiger partial charge in [-0.15, -0.1) is 11.3 Å². The van der Waals surface area contributed by atoms with E-state index in [0.717, 1.165) is 39.7 Å². The Bertz CT molecular complexity index is 3750. The number of anilines is 3. The molecular formula is C62H37NOS. The zero-order chi connectivity index (χ0) is 42.4. The molecule has 0 amide bonds. The number of thiophene rings is 1. The number of nitrogens with zero attached hydrogens (tertiary/aromatic N) is 1. The molecule has 2 heterocycles. The van der Waals surface area contributed by atoms with Crippen LogP contribution in [0.4, 0.5) is 17.1 Å². The molecule has 1 aromatic heterocycles. The summed E-state index contributed by atoms with van der Waals surface area (Å²) in [5.41, 5.74) is 20.2. The van der Waals surface area contributed by atoms with E-state index < -0.39 is 10.8 Å². The summed E-state index contributed by atoms with van der Waals surface area (Å²) in [5.74, 6) is 1.77. The van der Waals surface area contributed by atoms with Gasteiger partial charge in [-0.3, -0.25) is 0 Å². The number of para-hydroxylation sites is 1. The van der Waals surface area contributed by atoms with E-state index in [1.165, 1.54) is 86.9 Å². The van der Waals surface area contributed by atoms with Crippen molar-refractivity contribution in [3.8, 4) is 44.9 Å². The van der Waals surface area contributed by atoms with Crippen LogP contribution in [0, 0.1) is 0 Å². The first kappa shape index (κ1) is 35.5. The zero-order valence-corrected chi connectivity index (χ0v) is 35.9. The highest BCUT2D eigenvalue weighted by Crippen LogP contribution is 2.65. The van der Waals surface area contributed by atoms with Crippen molar-refractivity contribution in [1.29, 1.82) is 0 Å². The Hall–Kier alpha value is -7.98. The minimum absolute atomic E-state index is 0.476. The maximum atomic E-state index is 6.97. The van der Waals surface area contributed by atoms with Gasteiger partial charge in [0.15, 0.2) is 0 Å². The summed E-state index contributed by atoms with van der Waals surface area (Å²) in [6.07, 6.45) is 0. The third-order valence-electron chi connectivity index (χ3n) is 14.9. The minimum atomic E-state index is -0.596. The lowest BCUT2D eigenvalue weighted by Gasteiger charge is -2.40. The van der Waals surface area contributed by atoms with E-state index in [9.17, 15) is 0 Å². The molecule has 0 N–H and O–H groups in total. The van der Waals surface area contributed by atoms with Gasteiger partial charge in [-0.05, 0) is 121 Å². The van der Waals surface area contributed by atoms with Crippen LogP contribution >= 0.6 is 11.3 Å². The Morgan fingerprint density at radius 2 is 0.754 bits per heavy atom. The molecule has 3 aliphatic carbocycles. The Morgan fingerprint density at radius 3 is 1.35 bits per heavy atom. The van der Waals surface area contributed by atoms with Gasteiger partial charge in [-0.25, -0.2) is 0 Å². The first-order valence-electron chi connectivity index (χ1n) is 22.5. The Balaban J connectivity index is 1.04. The molecule has 3 heteroatoms. The third kappa shape index (κ3) is 4.39. The molecule has 15 rings (SSSR count). The van der Waals surface area contributed by atoms with E-state index in [0.29, 0.717) is 0 Å². The number of hydrogen-bond acceptors (Lipinski definition) is 3. The van der Waals surface area contributed by atoms with E-state index in [1.54, 1.807) is 0 Å². The first-order valence-corrected chi connectivity index (χ1v) is 23.3. The summed E-state index contributed by atoms with van der Waals surface area (Å²) in [6.45, 7) is 0. The van der Waals surface area contributed by atoms with Gasteiger partial charge >= 0.3 is 0 Å². The Kier molecular flexibility index (Phi) is 7.00. The molecule has 0 fully saturated rings. The summed E-state index contributed by atoms with van der Waals surface area (Å²) in [5, 5.41) is 2.52. The molecule has 0 atom stereocenters. The van der Waals surface area contributed by atoms with E-state index in [4.69, 9.17) is 4.74 Å². The van der Waals surface area contributed by atoms with Crippen molar-refractivity contribution in [2.75, 3.05) is 4.90 Å². The molecule has 0 saturated heterocycles. The van der Waals surface area contributed by atoms with Gasteiger partial charge in [-0.2, -0.15) is 0 Å². The van der Waals surface area contributed by atoms with Gasteiger partial charge in [0.1, 0.15) is 11.5 Å². The normalized spacial score (nSPS) is 14.5. The lowest BCUT2D eigenvalue weighted by molar-refractivity contribution is 0.436. The molecule has 2 nitrogen and oxygen atoms in total. The molecule has 0 saturated carbocycles. The second-order valence-electron chi connectivity index (χ2n) is 17.8. The van der Waals surface area contributed by atoms with Crippen molar-refractivity contribution < 1.29 is 4.74 Å². The summed E-state index contributed by atoms with van der Waals surface area (Å²) >= 11 is 1.86. The van der Waals surface area contributed by atoms with Crippen molar-refractivity contribution in [2.24, 2.45) is 0 Å². The lowest BCUT2D eigenvalue weighted by atomic mass is 9.66. The largest absolute Gasteiger partial charge is 0.457 e. The highest BCUT2D eigenvalue weighted by Gasteiger charge is 2.53. The van der Waals surface area contributed by atoms with Crippen LogP contribution in [-0.2, 0) is 10.8 Å². The van der Waals surface area contributed by atoms with E-state index in [2.05, 4.69) is 229 Å². The fraction of sp³-hybridized carbons (Fsp3) is 0.0323. The van der Waals surface area contributed by atoms with Gasteiger partial charge in [0.05, 0.1) is 16.5 Å². The Morgan fingerprint density at radius 1 is 0.323 bits per heavy atom. The van der Waals surface area contributed by atoms with Crippen LogP contribution < -0.4 is 9.64 Å². The average molecular weight is 844 g/mol. The molecular weight excluding hydrogens is 807 g/mol. The van der Waals surface area contributed by atoms with Crippen LogP contribution in [-0.4, -0.2) is 0 Å². The predicted molar refractivity (Wildman–Crippen MR) is 268 cm³/mol. The van der Waals surface area contributed by atoms with Crippen LogP contribution in [0.15, 0.2) is 224 Å². The van der Waals surface area contributed by atoms with E-state index in [-0.39, 0.29) is 0 Å². The molecule has 4 aliphatic rings. The number of rotatable bonds is 3. The van der Waals surface area contributed by atoms with Crippen molar-refractivity contribution in [3.05, 3.63) is 269 Å². The van der Waals surface area contributed by atoms with Crippen LogP contribution in [0.3, 0.4) is 0 Å². The van der Waals surface area contributed by atoms with Crippen molar-refractivity contribution >= 4 is 48.6 Å². The highest BCUT2D eigenvalue weighted by molar-refractivity contribution is 7.26. The number of ether oxygens (including phenoxy) is 1. The molecule has 2 spiro atoms. The molecule has 11 aromatic rings. The Labute approximate surface area is 380 Å². The van der Waals surface area contributed by atoms with Crippen LogP contribution in [0.2, 0.25) is 0 Å². The highest BCUT2D eigenvalue weighted by atomic mass is 32.1. The second-order valence-corrected chi connectivity index (χ2v) is 18.9. The van der Waals surface area contributed by atoms with Gasteiger partial charge in [0.2, 0.25) is 0 Å². The summed E-state index contributed by atoms with van der Waals surface area (Å²) < 4.78 is 9.52. The SMILES string of the molecule is c1ccc2c(c1)Oc1ccc(N(c3ccc4c(c3)C3(c5ccccc5-c5ccccc53)c3ccccc3-4)c3cccc4sc5ccccc5c34)cc1C21c2ccccc2-c2ccccc21. The van der Waals surface area contributed by atoms with Crippen molar-refractivity contribution in [1.82, 2.24) is 0 Å². The number of hydrogen-bond donors (Lipinski definition) is 0. The van der Waals surface area contributed by atoms with Gasteiger partial charge in [0.25, 0.3) is 0 Å². The van der Waals surface area contributed by atoms with E-state index in [1.807, 2.05) is 11.3 Å². The summed E-state index contributed by atoms with van der Waals surface area (Å²) in [4.78, 5) is 2.53. The van der Waals surface area contributed by atoms with Crippen molar-refractivity contribution in [2.45, 2.75) is 10.8 Å². The maximum Gasteiger partial charge on any atom is 0.132 e. The summed E-state index contributed by atoms with van der Waals surface area (Å²) in [7, 11) is 0. The minimum Gasteiger partial charge on any atom is -0.457 e. The smallest absolute Gasteiger partial charge is 0.132 e. The zero-order valence-electron chi connectivity index (χ0n) is 35.1. The third-order valence-corrected chi connectivity index (χ3v) is 16.1. The second kappa shape index (κ2) is 12.8. The predicted octanol–water partition coefficient (Wildman–Crippen LogP) is 16.3. The standard InChI is InChI=1S/C62H37NOS/c1-7-22-47-40(16-1)41-17-2-8-23-48(41)61(47)49-24-9-5-20-44(49)45-34-32-38(36-53(45)61)63(55-28-15-31-59-60(55)46-21-6-14-30-58(46)65-59)39-33-35-57-54(37-39)62(52-27-12-13-29-56(52)64-57)50-25-10-3-18-42(50)43-19-4-11-26-51(43)62/h1-37H. The van der Waals surface area contributed by atoms with Crippen LogP contribution in [0.1, 0.15) is 44.5 Å². The molecule has 0 unspecified atom stereocenters. The van der Waals surface area contributed by atoms with Gasteiger partial charge in [0, 0.05) is 42.7 Å². The summed E-state index contributed by atoms with van der Waals surface area (Å²) in [6, 6.07) is 83.8. The van der Waals surface area contributed by atoms with Gasteiger partial charge < -0.3 is 9.64 Å². The average Bonchev–Trinajstić information content (AvgIpc) is 4.08. The molecule has 65 heavy (non-hydrogen) atoms. The molecule has 0 radical (unpaired) electrons. The lowest BCUT2D eigenvalue weighted by Crippen LogP contribution is -2.32. The first-order chi connectivity index (χ1) is 32.2. The number of fused-ring (bicyclic) bond motifs is 22. The van der Waals surface area contributed by atoms with E-state index >= 15 is 0 Å². The van der Waals surface area contributed by atoms with Crippen LogP contribution in [0.25, 0.3) is 53.6 Å².